The summed E-state index contributed by atoms with van der Waals surface area (Å²) in [4.78, 5) is 0. The Morgan fingerprint density at radius 3 is 2.93 bits per heavy atom. The second-order valence-electron chi connectivity index (χ2n) is 2.92. The molecule has 14 heavy (non-hydrogen) atoms. The van der Waals surface area contributed by atoms with Crippen molar-refractivity contribution < 1.29 is 8.78 Å². The van der Waals surface area contributed by atoms with Crippen molar-refractivity contribution in [3.8, 4) is 0 Å². The number of aromatic nitrogens is 2. The Hall–Kier alpha value is -0.720. The van der Waals surface area contributed by atoms with Crippen LogP contribution in [0.25, 0.3) is 10.9 Å². The summed E-state index contributed by atoms with van der Waals surface area (Å²) in [6.45, 7) is -0.343. The largest absolute Gasteiger partial charge is 0.259 e. The Bertz CT molecular complexity index is 453. The predicted molar refractivity (Wildman–Crippen MR) is 58.5 cm³/mol. The molecule has 0 unspecified atom stereocenters. The van der Waals surface area contributed by atoms with Crippen LogP contribution in [-0.4, -0.2) is 16.2 Å². The number of alkyl halides is 2. The Morgan fingerprint density at radius 1 is 1.43 bits per heavy atom. The fourth-order valence-corrected chi connectivity index (χ4v) is 1.85. The minimum Gasteiger partial charge on any atom is -0.259 e. The van der Waals surface area contributed by atoms with Gasteiger partial charge in [0, 0.05) is 8.96 Å². The lowest BCUT2D eigenvalue weighted by Gasteiger charge is -2.01. The molecule has 0 saturated carbocycles. The topological polar surface area (TPSA) is 17.8 Å². The summed E-state index contributed by atoms with van der Waals surface area (Å²) < 4.78 is 26.7. The standard InChI is InChI=1S/C9H7F2IN2/c10-9(11)5-14-8-2-1-7(12)3-6(8)4-13-14/h1-4,9H,5H2. The van der Waals surface area contributed by atoms with Crippen LogP contribution in [0.4, 0.5) is 8.78 Å². The number of halogens is 3. The lowest BCUT2D eigenvalue weighted by molar-refractivity contribution is 0.123. The summed E-state index contributed by atoms with van der Waals surface area (Å²) in [6.07, 6.45) is -0.753. The number of nitrogens with zero attached hydrogens (tertiary/aromatic N) is 2. The van der Waals surface area contributed by atoms with Crippen molar-refractivity contribution in [3.63, 3.8) is 0 Å². The van der Waals surface area contributed by atoms with Crippen LogP contribution in [0, 0.1) is 3.57 Å². The summed E-state index contributed by atoms with van der Waals surface area (Å²) in [7, 11) is 0. The highest BCUT2D eigenvalue weighted by atomic mass is 127. The van der Waals surface area contributed by atoms with Gasteiger partial charge in [0.25, 0.3) is 6.43 Å². The number of fused-ring (bicyclic) bond motifs is 1. The second kappa shape index (κ2) is 3.80. The van der Waals surface area contributed by atoms with Crippen molar-refractivity contribution in [2.45, 2.75) is 13.0 Å². The molecule has 1 aromatic heterocycles. The monoisotopic (exact) mass is 308 g/mol. The van der Waals surface area contributed by atoms with E-state index in [-0.39, 0.29) is 6.54 Å². The number of benzene rings is 1. The zero-order valence-corrected chi connectivity index (χ0v) is 9.28. The molecule has 0 amide bonds. The first kappa shape index (κ1) is 9.82. The van der Waals surface area contributed by atoms with Gasteiger partial charge in [-0.3, -0.25) is 4.68 Å². The van der Waals surface area contributed by atoms with Crippen molar-refractivity contribution in [1.82, 2.24) is 9.78 Å². The number of hydrogen-bond acceptors (Lipinski definition) is 1. The van der Waals surface area contributed by atoms with Crippen molar-refractivity contribution in [2.75, 3.05) is 0 Å². The molecule has 0 aliphatic carbocycles. The first-order valence-corrected chi connectivity index (χ1v) is 5.14. The van der Waals surface area contributed by atoms with Gasteiger partial charge in [-0.25, -0.2) is 8.78 Å². The molecular weight excluding hydrogens is 301 g/mol. The summed E-state index contributed by atoms with van der Waals surface area (Å²) in [5, 5.41) is 4.81. The van der Waals surface area contributed by atoms with Crippen LogP contribution in [-0.2, 0) is 6.54 Å². The van der Waals surface area contributed by atoms with Crippen molar-refractivity contribution in [1.29, 1.82) is 0 Å². The SMILES string of the molecule is FC(F)Cn1ncc2cc(I)ccc21. The number of hydrogen-bond donors (Lipinski definition) is 0. The van der Waals surface area contributed by atoms with Gasteiger partial charge in [0.05, 0.1) is 11.7 Å². The van der Waals surface area contributed by atoms with Gasteiger partial charge < -0.3 is 0 Å². The predicted octanol–water partition coefficient (Wildman–Crippen LogP) is 2.91. The molecule has 0 saturated heterocycles. The minimum atomic E-state index is -2.36. The zero-order chi connectivity index (χ0) is 10.1. The maximum Gasteiger partial charge on any atom is 0.257 e. The van der Waals surface area contributed by atoms with Crippen LogP contribution in [0.15, 0.2) is 24.4 Å². The normalized spacial score (nSPS) is 11.4. The fraction of sp³-hybridized carbons (Fsp3) is 0.222. The average molecular weight is 308 g/mol. The highest BCUT2D eigenvalue weighted by Crippen LogP contribution is 2.17. The molecule has 5 heteroatoms. The van der Waals surface area contributed by atoms with Gasteiger partial charge in [-0.05, 0) is 40.8 Å². The van der Waals surface area contributed by atoms with Crippen molar-refractivity contribution in [2.24, 2.45) is 0 Å². The lowest BCUT2D eigenvalue weighted by Crippen LogP contribution is -2.07. The molecule has 2 aromatic rings. The van der Waals surface area contributed by atoms with Crippen LogP contribution in [0.1, 0.15) is 0 Å². The van der Waals surface area contributed by atoms with E-state index >= 15 is 0 Å². The average Bonchev–Trinajstić information content (AvgIpc) is 2.47. The van der Waals surface area contributed by atoms with Crippen molar-refractivity contribution in [3.05, 3.63) is 28.0 Å². The van der Waals surface area contributed by atoms with E-state index in [4.69, 9.17) is 0 Å². The first-order valence-electron chi connectivity index (χ1n) is 4.06. The van der Waals surface area contributed by atoms with E-state index in [1.54, 1.807) is 6.20 Å². The van der Waals surface area contributed by atoms with Gasteiger partial charge in [0.2, 0.25) is 0 Å². The molecule has 0 spiro atoms. The van der Waals surface area contributed by atoms with Gasteiger partial charge in [-0.1, -0.05) is 0 Å². The summed E-state index contributed by atoms with van der Waals surface area (Å²) in [5.74, 6) is 0. The van der Waals surface area contributed by atoms with Gasteiger partial charge in [0.1, 0.15) is 6.54 Å². The third-order valence-electron chi connectivity index (χ3n) is 1.91. The maximum atomic E-state index is 12.1. The van der Waals surface area contributed by atoms with Crippen LogP contribution < -0.4 is 0 Å². The van der Waals surface area contributed by atoms with Crippen molar-refractivity contribution >= 4 is 33.5 Å². The van der Waals surface area contributed by atoms with Gasteiger partial charge in [-0.15, -0.1) is 0 Å². The Labute approximate surface area is 93.0 Å². The van der Waals surface area contributed by atoms with Gasteiger partial charge >= 0.3 is 0 Å². The first-order chi connectivity index (χ1) is 6.66. The highest BCUT2D eigenvalue weighted by molar-refractivity contribution is 14.1. The second-order valence-corrected chi connectivity index (χ2v) is 4.17. The molecule has 0 fully saturated rings. The molecule has 0 radical (unpaired) electrons. The van der Waals surface area contributed by atoms with E-state index in [9.17, 15) is 8.78 Å². The minimum absolute atomic E-state index is 0.343. The Balaban J connectivity index is 2.47. The van der Waals surface area contributed by atoms with Crippen LogP contribution in [0.2, 0.25) is 0 Å². The third kappa shape index (κ3) is 1.87. The highest BCUT2D eigenvalue weighted by Gasteiger charge is 2.08. The van der Waals surface area contributed by atoms with Crippen LogP contribution in [0.5, 0.6) is 0 Å². The molecular formula is C9H7F2IN2. The summed E-state index contributed by atoms with van der Waals surface area (Å²) in [5.41, 5.74) is 0.755. The lowest BCUT2D eigenvalue weighted by atomic mass is 10.2. The smallest absolute Gasteiger partial charge is 0.257 e. The molecule has 0 atom stereocenters. The maximum absolute atomic E-state index is 12.1. The molecule has 0 N–H and O–H groups in total. The van der Waals surface area contributed by atoms with E-state index in [1.807, 2.05) is 18.2 Å². The van der Waals surface area contributed by atoms with E-state index in [2.05, 4.69) is 27.7 Å². The van der Waals surface area contributed by atoms with Crippen LogP contribution >= 0.6 is 22.6 Å². The van der Waals surface area contributed by atoms with E-state index in [1.165, 1.54) is 4.68 Å². The number of rotatable bonds is 2. The molecule has 74 valence electrons. The summed E-state index contributed by atoms with van der Waals surface area (Å²) >= 11 is 2.18. The molecule has 0 aliphatic rings. The molecule has 1 aromatic carbocycles. The fourth-order valence-electron chi connectivity index (χ4n) is 1.33. The Morgan fingerprint density at radius 2 is 2.21 bits per heavy atom. The molecule has 0 aliphatic heterocycles. The van der Waals surface area contributed by atoms with E-state index in [0.717, 1.165) is 14.5 Å². The van der Waals surface area contributed by atoms with E-state index in [0.29, 0.717) is 0 Å². The van der Waals surface area contributed by atoms with Crippen LogP contribution in [0.3, 0.4) is 0 Å². The van der Waals surface area contributed by atoms with E-state index < -0.39 is 6.43 Å². The molecule has 2 nitrogen and oxygen atoms in total. The summed E-state index contributed by atoms with van der Waals surface area (Å²) in [6, 6.07) is 5.61. The third-order valence-corrected chi connectivity index (χ3v) is 2.59. The molecule has 0 bridgehead atoms. The van der Waals surface area contributed by atoms with Gasteiger partial charge in [0.15, 0.2) is 0 Å². The molecule has 1 heterocycles. The van der Waals surface area contributed by atoms with Gasteiger partial charge in [-0.2, -0.15) is 5.10 Å². The zero-order valence-electron chi connectivity index (χ0n) is 7.12. The molecule has 2 rings (SSSR count). The quantitative estimate of drug-likeness (QED) is 0.780. The Kier molecular flexibility index (Phi) is 2.66.